The summed E-state index contributed by atoms with van der Waals surface area (Å²) in [7, 11) is 0. The molecule has 0 saturated carbocycles. The van der Waals surface area contributed by atoms with E-state index in [0.717, 1.165) is 24.2 Å². The van der Waals surface area contributed by atoms with Crippen molar-refractivity contribution in [3.63, 3.8) is 0 Å². The predicted molar refractivity (Wildman–Crippen MR) is 120 cm³/mol. The number of amides is 2. The maximum Gasteiger partial charge on any atom is 0.434 e. The fraction of sp³-hybridized carbons (Fsp3) is 0.381. The highest BCUT2D eigenvalue weighted by Gasteiger charge is 2.37. The summed E-state index contributed by atoms with van der Waals surface area (Å²) < 4.78 is 39.5. The lowest BCUT2D eigenvalue weighted by Gasteiger charge is -2.31. The van der Waals surface area contributed by atoms with Gasteiger partial charge >= 0.3 is 6.18 Å². The Morgan fingerprint density at radius 3 is 2.74 bits per heavy atom. The van der Waals surface area contributed by atoms with Crippen LogP contribution in [-0.4, -0.2) is 55.8 Å². The molecule has 2 amide bonds. The van der Waals surface area contributed by atoms with Crippen molar-refractivity contribution in [2.45, 2.75) is 38.5 Å². The van der Waals surface area contributed by atoms with E-state index in [9.17, 15) is 22.8 Å². The van der Waals surface area contributed by atoms with Gasteiger partial charge < -0.3 is 20.5 Å². The first-order valence-electron chi connectivity index (χ1n) is 10.5. The zero-order valence-electron chi connectivity index (χ0n) is 18.2. The summed E-state index contributed by atoms with van der Waals surface area (Å²) in [6.07, 6.45) is 1.10. The quantitative estimate of drug-likeness (QED) is 0.454. The molecule has 4 heterocycles. The molecule has 1 aliphatic rings. The largest absolute Gasteiger partial charge is 0.434 e. The minimum absolute atomic E-state index is 0.0621. The number of H-pyrrole nitrogens is 1. The Morgan fingerprint density at radius 2 is 2.06 bits per heavy atom. The molecule has 0 aromatic carbocycles. The molecule has 1 saturated heterocycles. The second-order valence-corrected chi connectivity index (χ2v) is 9.08. The third-order valence-corrected chi connectivity index (χ3v) is 6.41. The van der Waals surface area contributed by atoms with Crippen LogP contribution in [0.15, 0.2) is 25.0 Å². The molecule has 1 aliphatic heterocycles. The Kier molecular flexibility index (Phi) is 6.55. The minimum atomic E-state index is -4.59. The topological polar surface area (TPSA) is 116 Å². The van der Waals surface area contributed by atoms with Gasteiger partial charge in [0.2, 0.25) is 5.91 Å². The molecule has 0 radical (unpaired) electrons. The van der Waals surface area contributed by atoms with Crippen molar-refractivity contribution in [2.24, 2.45) is 0 Å². The second-order valence-electron chi connectivity index (χ2n) is 7.79. The van der Waals surface area contributed by atoms with E-state index >= 15 is 0 Å². The highest BCUT2D eigenvalue weighted by Crippen LogP contribution is 2.34. The summed E-state index contributed by atoms with van der Waals surface area (Å²) in [5, 5.41) is 6.06. The minimum Gasteiger partial charge on any atom is -0.366 e. The number of aromatic amines is 1. The maximum absolute atomic E-state index is 13.2. The highest BCUT2D eigenvalue weighted by atomic mass is 32.1. The molecule has 13 heteroatoms. The van der Waals surface area contributed by atoms with Crippen molar-refractivity contribution in [3.8, 4) is 0 Å². The van der Waals surface area contributed by atoms with E-state index in [-0.39, 0.29) is 33.9 Å². The fourth-order valence-electron chi connectivity index (χ4n) is 3.78. The van der Waals surface area contributed by atoms with Crippen LogP contribution in [0.25, 0.3) is 11.2 Å². The number of rotatable bonds is 6. The van der Waals surface area contributed by atoms with Crippen LogP contribution < -0.4 is 10.6 Å². The van der Waals surface area contributed by atoms with Gasteiger partial charge in [-0.15, -0.1) is 11.3 Å². The summed E-state index contributed by atoms with van der Waals surface area (Å²) >= 11 is 0.888. The summed E-state index contributed by atoms with van der Waals surface area (Å²) in [4.78, 5) is 41.3. The number of aromatic nitrogens is 4. The van der Waals surface area contributed by atoms with Crippen molar-refractivity contribution in [1.29, 1.82) is 0 Å². The molecule has 0 bridgehead atoms. The zero-order chi connectivity index (χ0) is 24.5. The number of nitrogens with zero attached hydrogens (tertiary/aromatic N) is 4. The van der Waals surface area contributed by atoms with Gasteiger partial charge in [-0.1, -0.05) is 6.58 Å². The molecule has 180 valence electrons. The average molecular weight is 494 g/mol. The Labute approximate surface area is 196 Å². The van der Waals surface area contributed by atoms with Crippen molar-refractivity contribution in [1.82, 2.24) is 30.2 Å². The van der Waals surface area contributed by atoms with Crippen molar-refractivity contribution < 1.29 is 22.8 Å². The van der Waals surface area contributed by atoms with Crippen LogP contribution in [0.1, 0.15) is 38.8 Å². The van der Waals surface area contributed by atoms with Gasteiger partial charge in [-0.2, -0.15) is 13.2 Å². The number of nitrogens with one attached hydrogen (secondary N) is 3. The summed E-state index contributed by atoms with van der Waals surface area (Å²) in [5.41, 5.74) is -0.126. The summed E-state index contributed by atoms with van der Waals surface area (Å²) in [6, 6.07) is 0.0761. The van der Waals surface area contributed by atoms with Crippen LogP contribution in [0, 0.1) is 6.92 Å². The second kappa shape index (κ2) is 9.41. The zero-order valence-corrected chi connectivity index (χ0v) is 19.0. The van der Waals surface area contributed by atoms with Crippen molar-refractivity contribution in [2.75, 3.05) is 18.4 Å². The molecule has 4 rings (SSSR count). The number of alkyl halides is 3. The fourth-order valence-corrected chi connectivity index (χ4v) is 4.68. The first-order chi connectivity index (χ1) is 16.2. The normalized spacial score (nSPS) is 14.9. The lowest BCUT2D eigenvalue weighted by Crippen LogP contribution is -2.41. The van der Waals surface area contributed by atoms with Crippen LogP contribution in [0.4, 0.5) is 19.0 Å². The van der Waals surface area contributed by atoms with Gasteiger partial charge in [0.25, 0.3) is 5.91 Å². The number of fused-ring (bicyclic) bond motifs is 1. The van der Waals surface area contributed by atoms with E-state index in [4.69, 9.17) is 0 Å². The number of thiazole rings is 1. The van der Waals surface area contributed by atoms with Crippen LogP contribution in [0.3, 0.4) is 0 Å². The number of hydrogen-bond acceptors (Lipinski definition) is 7. The maximum atomic E-state index is 13.2. The van der Waals surface area contributed by atoms with Crippen molar-refractivity contribution in [3.05, 3.63) is 46.2 Å². The smallest absolute Gasteiger partial charge is 0.366 e. The molecule has 34 heavy (non-hydrogen) atoms. The van der Waals surface area contributed by atoms with Gasteiger partial charge in [-0.05, 0) is 25.8 Å². The number of carbonyl (C=O) groups is 2. The molecule has 3 N–H and O–H groups in total. The third-order valence-electron chi connectivity index (χ3n) is 5.44. The first kappa shape index (κ1) is 23.7. The molecule has 0 unspecified atom stereocenters. The molecule has 0 aliphatic carbocycles. The molecular formula is C21H22F3N7O2S. The van der Waals surface area contributed by atoms with E-state index in [1.807, 2.05) is 0 Å². The molecular weight excluding hydrogens is 471 g/mol. The van der Waals surface area contributed by atoms with E-state index in [1.54, 1.807) is 4.90 Å². The van der Waals surface area contributed by atoms with Crippen LogP contribution in [0.5, 0.6) is 0 Å². The molecule has 3 aromatic rings. The van der Waals surface area contributed by atoms with Crippen LogP contribution in [-0.2, 0) is 17.5 Å². The summed E-state index contributed by atoms with van der Waals surface area (Å²) in [5.74, 6) is -0.210. The average Bonchev–Trinajstić information content (AvgIpc) is 3.40. The van der Waals surface area contributed by atoms with Gasteiger partial charge in [0.1, 0.15) is 11.3 Å². The number of carbonyl (C=O) groups excluding carboxylic acids is 2. The lowest BCUT2D eigenvalue weighted by atomic mass is 10.1. The third kappa shape index (κ3) is 5.03. The Hall–Kier alpha value is -3.48. The van der Waals surface area contributed by atoms with E-state index in [0.29, 0.717) is 30.1 Å². The van der Waals surface area contributed by atoms with Gasteiger partial charge in [-0.3, -0.25) is 9.59 Å². The number of aryl methyl sites for hydroxylation is 1. The van der Waals surface area contributed by atoms with Gasteiger partial charge in [0.15, 0.2) is 11.3 Å². The van der Waals surface area contributed by atoms with Gasteiger partial charge in [0, 0.05) is 25.3 Å². The standard InChI is InChI=1S/C21H22F3N7O2S/c1-3-16(32)31-6-4-12(5-7-31)29-15-10-26-19-17(30-15)13(8-25-19)20(33)27-9-14-18(21(22,23)24)28-11(2)34-14/h3,8,10,12H,1,4-7,9H2,2H3,(H,25,26)(H,27,33)(H,29,30). The summed E-state index contributed by atoms with van der Waals surface area (Å²) in [6.45, 7) is 5.86. The van der Waals surface area contributed by atoms with Crippen LogP contribution >= 0.6 is 11.3 Å². The first-order valence-corrected chi connectivity index (χ1v) is 11.3. The van der Waals surface area contributed by atoms with Crippen LogP contribution in [0.2, 0.25) is 0 Å². The Morgan fingerprint density at radius 1 is 1.32 bits per heavy atom. The molecule has 3 aromatic heterocycles. The highest BCUT2D eigenvalue weighted by molar-refractivity contribution is 7.11. The Balaban J connectivity index is 1.44. The number of hydrogen-bond donors (Lipinski definition) is 3. The molecule has 1 fully saturated rings. The van der Waals surface area contributed by atoms with Crippen molar-refractivity contribution >= 4 is 40.1 Å². The number of halogens is 3. The number of anilines is 1. The van der Waals surface area contributed by atoms with E-state index in [2.05, 4.69) is 37.1 Å². The molecule has 9 nitrogen and oxygen atoms in total. The SMILES string of the molecule is C=CC(=O)N1CCC(Nc2cnc3[nH]cc(C(=O)NCc4sc(C)nc4C(F)(F)F)c3n2)CC1. The number of likely N-dealkylation sites (tertiary alicyclic amines) is 1. The molecule has 0 atom stereocenters. The van der Waals surface area contributed by atoms with Gasteiger partial charge in [-0.25, -0.2) is 15.0 Å². The van der Waals surface area contributed by atoms with E-state index < -0.39 is 17.8 Å². The van der Waals surface area contributed by atoms with E-state index in [1.165, 1.54) is 25.4 Å². The monoisotopic (exact) mass is 493 g/mol. The molecule has 0 spiro atoms. The Bertz CT molecular complexity index is 1230. The van der Waals surface area contributed by atoms with Gasteiger partial charge in [0.05, 0.1) is 28.2 Å². The lowest BCUT2D eigenvalue weighted by molar-refractivity contribution is -0.141. The predicted octanol–water partition coefficient (Wildman–Crippen LogP) is 3.26. The number of piperidine rings is 1.